The molecule has 4 nitrogen and oxygen atoms in total. The molecule has 1 aromatic rings. The third-order valence-electron chi connectivity index (χ3n) is 3.08. The van der Waals surface area contributed by atoms with E-state index >= 15 is 0 Å². The summed E-state index contributed by atoms with van der Waals surface area (Å²) in [7, 11) is 0. The Hall–Kier alpha value is -2.02. The predicted molar refractivity (Wildman–Crippen MR) is 58.0 cm³/mol. The maximum absolute atomic E-state index is 10.8. The number of rotatable bonds is 0. The van der Waals surface area contributed by atoms with Gasteiger partial charge in [-0.3, -0.25) is 0 Å². The first-order valence-corrected chi connectivity index (χ1v) is 5.13. The second kappa shape index (κ2) is 3.86. The van der Waals surface area contributed by atoms with Crippen LogP contribution in [0.15, 0.2) is 12.1 Å². The Kier molecular flexibility index (Phi) is 2.53. The van der Waals surface area contributed by atoms with Gasteiger partial charge in [0.05, 0.1) is 11.6 Å². The first kappa shape index (κ1) is 10.5. The van der Waals surface area contributed by atoms with Crippen LogP contribution in [0.3, 0.4) is 0 Å². The SMILES string of the molecule is Cc1c(C#N)ccc2c1CCN(C(=O)O)C2. The van der Waals surface area contributed by atoms with E-state index < -0.39 is 6.09 Å². The molecule has 1 aromatic carbocycles. The predicted octanol–water partition coefficient (Wildman–Crippen LogP) is 1.90. The fraction of sp³-hybridized carbons (Fsp3) is 0.333. The molecule has 0 aromatic heterocycles. The van der Waals surface area contributed by atoms with Crippen molar-refractivity contribution in [2.75, 3.05) is 6.54 Å². The van der Waals surface area contributed by atoms with Crippen molar-refractivity contribution in [3.63, 3.8) is 0 Å². The average molecular weight is 216 g/mol. The minimum absolute atomic E-state index is 0.428. The van der Waals surface area contributed by atoms with Gasteiger partial charge in [0.2, 0.25) is 0 Å². The van der Waals surface area contributed by atoms with Crippen molar-refractivity contribution in [1.29, 1.82) is 5.26 Å². The number of hydrogen-bond acceptors (Lipinski definition) is 2. The van der Waals surface area contributed by atoms with Gasteiger partial charge in [0.25, 0.3) is 0 Å². The molecule has 2 rings (SSSR count). The first-order valence-electron chi connectivity index (χ1n) is 5.13. The van der Waals surface area contributed by atoms with E-state index in [4.69, 9.17) is 10.4 Å². The molecule has 0 aliphatic carbocycles. The number of fused-ring (bicyclic) bond motifs is 1. The van der Waals surface area contributed by atoms with Crippen LogP contribution in [0.4, 0.5) is 4.79 Å². The number of carboxylic acid groups (broad SMARTS) is 1. The van der Waals surface area contributed by atoms with Crippen molar-refractivity contribution >= 4 is 6.09 Å². The minimum atomic E-state index is -0.882. The second-order valence-electron chi connectivity index (χ2n) is 3.94. The average Bonchev–Trinajstić information content (AvgIpc) is 2.29. The molecule has 0 radical (unpaired) electrons. The van der Waals surface area contributed by atoms with Gasteiger partial charge in [0, 0.05) is 13.1 Å². The van der Waals surface area contributed by atoms with Gasteiger partial charge in [-0.25, -0.2) is 4.79 Å². The van der Waals surface area contributed by atoms with Crippen LogP contribution in [0.25, 0.3) is 0 Å². The van der Waals surface area contributed by atoms with Crippen LogP contribution >= 0.6 is 0 Å². The molecule has 1 N–H and O–H groups in total. The molecule has 0 unspecified atom stereocenters. The summed E-state index contributed by atoms with van der Waals surface area (Å²) in [5.41, 5.74) is 3.83. The molecule has 0 bridgehead atoms. The highest BCUT2D eigenvalue weighted by Gasteiger charge is 2.21. The van der Waals surface area contributed by atoms with Gasteiger partial charge in [0.15, 0.2) is 0 Å². The molecular weight excluding hydrogens is 204 g/mol. The lowest BCUT2D eigenvalue weighted by Gasteiger charge is -2.27. The van der Waals surface area contributed by atoms with Crippen molar-refractivity contribution in [1.82, 2.24) is 4.90 Å². The molecule has 0 saturated heterocycles. The third-order valence-corrected chi connectivity index (χ3v) is 3.08. The van der Waals surface area contributed by atoms with E-state index in [0.717, 1.165) is 16.7 Å². The summed E-state index contributed by atoms with van der Waals surface area (Å²) < 4.78 is 0. The highest BCUT2D eigenvalue weighted by Crippen LogP contribution is 2.24. The zero-order chi connectivity index (χ0) is 11.7. The molecule has 0 spiro atoms. The fourth-order valence-electron chi connectivity index (χ4n) is 2.12. The van der Waals surface area contributed by atoms with Gasteiger partial charge in [-0.2, -0.15) is 5.26 Å². The number of carbonyl (C=O) groups is 1. The molecule has 1 aliphatic heterocycles. The van der Waals surface area contributed by atoms with Crippen LogP contribution in [-0.4, -0.2) is 22.6 Å². The smallest absolute Gasteiger partial charge is 0.407 e. The standard InChI is InChI=1S/C12H12N2O2/c1-8-9(6-13)2-3-10-7-14(12(15)16)5-4-11(8)10/h2-3H,4-5,7H2,1H3,(H,15,16). The molecule has 1 aliphatic rings. The lowest BCUT2D eigenvalue weighted by molar-refractivity contribution is 0.140. The summed E-state index contributed by atoms with van der Waals surface area (Å²) in [6.45, 7) is 2.86. The first-order chi connectivity index (χ1) is 7.63. The Bertz CT molecular complexity index is 489. The van der Waals surface area contributed by atoms with E-state index in [2.05, 4.69) is 6.07 Å². The van der Waals surface area contributed by atoms with E-state index in [-0.39, 0.29) is 0 Å². The summed E-state index contributed by atoms with van der Waals surface area (Å²) in [6, 6.07) is 5.77. The highest BCUT2D eigenvalue weighted by atomic mass is 16.4. The van der Waals surface area contributed by atoms with Crippen LogP contribution in [0.5, 0.6) is 0 Å². The Labute approximate surface area is 93.7 Å². The van der Waals surface area contributed by atoms with Crippen LogP contribution in [0.2, 0.25) is 0 Å². The number of nitrogens with zero attached hydrogens (tertiary/aromatic N) is 2. The van der Waals surface area contributed by atoms with Gasteiger partial charge in [-0.15, -0.1) is 0 Å². The van der Waals surface area contributed by atoms with Crippen molar-refractivity contribution < 1.29 is 9.90 Å². The molecule has 82 valence electrons. The molecule has 4 heteroatoms. The third kappa shape index (κ3) is 1.61. The van der Waals surface area contributed by atoms with Crippen molar-refractivity contribution in [2.24, 2.45) is 0 Å². The quantitative estimate of drug-likeness (QED) is 0.720. The lowest BCUT2D eigenvalue weighted by Crippen LogP contribution is -2.35. The van der Waals surface area contributed by atoms with Crippen LogP contribution in [0.1, 0.15) is 22.3 Å². The summed E-state index contributed by atoms with van der Waals surface area (Å²) >= 11 is 0. The van der Waals surface area contributed by atoms with Gasteiger partial charge in [-0.1, -0.05) is 6.07 Å². The Balaban J connectivity index is 2.40. The molecule has 0 atom stereocenters. The van der Waals surface area contributed by atoms with Gasteiger partial charge in [0.1, 0.15) is 0 Å². The van der Waals surface area contributed by atoms with E-state index in [9.17, 15) is 4.79 Å². The highest BCUT2D eigenvalue weighted by molar-refractivity contribution is 5.66. The zero-order valence-electron chi connectivity index (χ0n) is 9.03. The summed E-state index contributed by atoms with van der Waals surface area (Å²) in [5, 5.41) is 17.8. The van der Waals surface area contributed by atoms with Gasteiger partial charge >= 0.3 is 6.09 Å². The van der Waals surface area contributed by atoms with Crippen molar-refractivity contribution in [3.8, 4) is 6.07 Å². The molecule has 0 fully saturated rings. The van der Waals surface area contributed by atoms with Crippen LogP contribution in [-0.2, 0) is 13.0 Å². The van der Waals surface area contributed by atoms with Crippen molar-refractivity contribution in [2.45, 2.75) is 19.9 Å². The molecular formula is C12H12N2O2. The van der Waals surface area contributed by atoms with Gasteiger partial charge in [-0.05, 0) is 36.1 Å². The van der Waals surface area contributed by atoms with E-state index in [1.54, 1.807) is 6.07 Å². The largest absolute Gasteiger partial charge is 0.465 e. The summed E-state index contributed by atoms with van der Waals surface area (Å²) in [4.78, 5) is 12.2. The van der Waals surface area contributed by atoms with E-state index in [1.165, 1.54) is 4.90 Å². The Morgan fingerprint density at radius 1 is 1.56 bits per heavy atom. The van der Waals surface area contributed by atoms with Crippen LogP contribution in [0, 0.1) is 18.3 Å². The number of nitriles is 1. The van der Waals surface area contributed by atoms with E-state index in [1.807, 2.05) is 13.0 Å². The molecule has 16 heavy (non-hydrogen) atoms. The maximum atomic E-state index is 10.8. The van der Waals surface area contributed by atoms with Crippen molar-refractivity contribution in [3.05, 3.63) is 34.4 Å². The Morgan fingerprint density at radius 3 is 2.94 bits per heavy atom. The van der Waals surface area contributed by atoms with Gasteiger partial charge < -0.3 is 10.0 Å². The van der Waals surface area contributed by atoms with Crippen LogP contribution < -0.4 is 0 Å². The minimum Gasteiger partial charge on any atom is -0.465 e. The second-order valence-corrected chi connectivity index (χ2v) is 3.94. The van der Waals surface area contributed by atoms with E-state index in [0.29, 0.717) is 25.1 Å². The normalized spacial score (nSPS) is 14.1. The molecule has 0 saturated carbocycles. The zero-order valence-corrected chi connectivity index (χ0v) is 9.03. The summed E-state index contributed by atoms with van der Waals surface area (Å²) in [5.74, 6) is 0. The molecule has 1 amide bonds. The summed E-state index contributed by atoms with van der Waals surface area (Å²) in [6.07, 6.45) is -0.184. The number of amides is 1. The lowest BCUT2D eigenvalue weighted by atomic mass is 9.92. The number of hydrogen-bond donors (Lipinski definition) is 1. The molecule has 1 heterocycles. The number of benzene rings is 1. The topological polar surface area (TPSA) is 64.3 Å². The monoisotopic (exact) mass is 216 g/mol. The Morgan fingerprint density at radius 2 is 2.31 bits per heavy atom. The fourth-order valence-corrected chi connectivity index (χ4v) is 2.12. The maximum Gasteiger partial charge on any atom is 0.407 e.